The number of carbonyl (C=O) groups is 1. The van der Waals surface area contributed by atoms with Crippen LogP contribution in [0.15, 0.2) is 6.20 Å². The van der Waals surface area contributed by atoms with E-state index in [0.717, 1.165) is 18.5 Å². The van der Waals surface area contributed by atoms with Crippen molar-refractivity contribution in [1.82, 2.24) is 19.8 Å². The van der Waals surface area contributed by atoms with Crippen LogP contribution in [0.25, 0.3) is 0 Å². The summed E-state index contributed by atoms with van der Waals surface area (Å²) in [5, 5.41) is 10.0. The summed E-state index contributed by atoms with van der Waals surface area (Å²) in [4.78, 5) is 12.8. The summed E-state index contributed by atoms with van der Waals surface area (Å²) in [6.07, 6.45) is 7.29. The van der Waals surface area contributed by atoms with Gasteiger partial charge in [-0.2, -0.15) is 5.10 Å². The van der Waals surface area contributed by atoms with Crippen LogP contribution in [0.4, 0.5) is 0 Å². The van der Waals surface area contributed by atoms with E-state index in [9.17, 15) is 13.2 Å². The molecule has 2 aliphatic rings. The number of carbonyl (C=O) groups excluding carboxylic acids is 1. The van der Waals surface area contributed by atoms with Crippen molar-refractivity contribution in [3.63, 3.8) is 0 Å². The molecule has 1 aliphatic heterocycles. The van der Waals surface area contributed by atoms with E-state index in [-0.39, 0.29) is 23.6 Å². The Bertz CT molecular complexity index is 725. The molecule has 2 fully saturated rings. The van der Waals surface area contributed by atoms with Gasteiger partial charge in [-0.05, 0) is 12.8 Å². The molecular weight excluding hydrogens is 356 g/mol. The third-order valence-corrected chi connectivity index (χ3v) is 7.38. The van der Waals surface area contributed by atoms with Crippen LogP contribution in [0.3, 0.4) is 0 Å². The first-order valence-electron chi connectivity index (χ1n) is 9.20. The van der Waals surface area contributed by atoms with Gasteiger partial charge in [0.05, 0.1) is 42.5 Å². The summed E-state index contributed by atoms with van der Waals surface area (Å²) >= 11 is 0. The Kier molecular flexibility index (Phi) is 5.99. The van der Waals surface area contributed by atoms with Crippen molar-refractivity contribution < 1.29 is 17.9 Å². The Morgan fingerprint density at radius 1 is 1.31 bits per heavy atom. The molecule has 26 heavy (non-hydrogen) atoms. The maximum absolute atomic E-state index is 12.8. The van der Waals surface area contributed by atoms with Crippen LogP contribution >= 0.6 is 0 Å². The zero-order chi connectivity index (χ0) is 18.7. The number of rotatable bonds is 6. The highest BCUT2D eigenvalue weighted by Gasteiger charge is 2.35. The lowest BCUT2D eigenvalue weighted by Crippen LogP contribution is -2.43. The Morgan fingerprint density at radius 2 is 2.04 bits per heavy atom. The summed E-state index contributed by atoms with van der Waals surface area (Å²) in [7, 11) is -0.317. The van der Waals surface area contributed by atoms with Crippen molar-refractivity contribution in [3.8, 4) is 0 Å². The number of nitrogens with one attached hydrogen (secondary N) is 2. The van der Waals surface area contributed by atoms with Gasteiger partial charge in [-0.15, -0.1) is 0 Å². The summed E-state index contributed by atoms with van der Waals surface area (Å²) in [5.41, 5.74) is 1.47. The van der Waals surface area contributed by atoms with Gasteiger partial charge < -0.3 is 10.1 Å². The fourth-order valence-corrected chi connectivity index (χ4v) is 4.94. The molecule has 1 saturated carbocycles. The van der Waals surface area contributed by atoms with E-state index >= 15 is 0 Å². The van der Waals surface area contributed by atoms with Crippen molar-refractivity contribution in [1.29, 1.82) is 0 Å². The summed E-state index contributed by atoms with van der Waals surface area (Å²) in [6, 6.07) is -0.314. The van der Waals surface area contributed by atoms with Crippen molar-refractivity contribution in [3.05, 3.63) is 17.5 Å². The molecule has 9 heteroatoms. The smallest absolute Gasteiger partial charge is 0.255 e. The molecular formula is C17H28N4O4S. The molecule has 2 atom stereocenters. The molecule has 146 valence electrons. The normalized spacial score (nSPS) is 24.9. The first-order valence-corrected chi connectivity index (χ1v) is 10.8. The maximum atomic E-state index is 12.8. The third-order valence-electron chi connectivity index (χ3n) is 5.42. The van der Waals surface area contributed by atoms with Crippen molar-refractivity contribution in [2.24, 2.45) is 5.92 Å². The molecule has 2 heterocycles. The minimum Gasteiger partial charge on any atom is -0.379 e. The van der Waals surface area contributed by atoms with Crippen molar-refractivity contribution in [2.75, 3.05) is 33.1 Å². The largest absolute Gasteiger partial charge is 0.379 e. The lowest BCUT2D eigenvalue weighted by atomic mass is 9.85. The molecule has 8 nitrogen and oxygen atoms in total. The summed E-state index contributed by atoms with van der Waals surface area (Å²) in [6.45, 7) is 0.662. The molecule has 1 saturated heterocycles. The average Bonchev–Trinajstić information content (AvgIpc) is 3.25. The number of aromatic amines is 1. The molecule has 0 bridgehead atoms. The Morgan fingerprint density at radius 3 is 2.73 bits per heavy atom. The zero-order valence-electron chi connectivity index (χ0n) is 15.4. The highest BCUT2D eigenvalue weighted by molar-refractivity contribution is 7.89. The molecule has 0 spiro atoms. The number of H-pyrrole nitrogens is 1. The van der Waals surface area contributed by atoms with Gasteiger partial charge in [-0.25, -0.2) is 12.7 Å². The van der Waals surface area contributed by atoms with Gasteiger partial charge >= 0.3 is 0 Å². The SMILES string of the molecule is CN(C)S(=O)(=O)C[C@@H]1COC[C@H]1NC(=O)c1cn[nH]c1C1CCCCC1. The Labute approximate surface area is 154 Å². The number of hydrogen-bond acceptors (Lipinski definition) is 5. The van der Waals surface area contributed by atoms with E-state index in [1.54, 1.807) is 6.20 Å². The lowest BCUT2D eigenvalue weighted by molar-refractivity contribution is 0.0924. The number of ether oxygens (including phenoxy) is 1. The van der Waals surface area contributed by atoms with Gasteiger partial charge in [0.2, 0.25) is 10.0 Å². The second kappa shape index (κ2) is 8.06. The van der Waals surface area contributed by atoms with E-state index in [4.69, 9.17) is 4.74 Å². The van der Waals surface area contributed by atoms with Gasteiger partial charge in [0.15, 0.2) is 0 Å². The predicted octanol–water partition coefficient (Wildman–Crippen LogP) is 1.09. The van der Waals surface area contributed by atoms with Crippen LogP contribution in [0.1, 0.15) is 54.1 Å². The predicted molar refractivity (Wildman–Crippen MR) is 97.5 cm³/mol. The minimum atomic E-state index is -3.35. The van der Waals surface area contributed by atoms with E-state index in [0.29, 0.717) is 24.7 Å². The first kappa shape index (κ1) is 19.3. The average molecular weight is 385 g/mol. The second-order valence-corrected chi connectivity index (χ2v) is 9.70. The number of hydrogen-bond donors (Lipinski definition) is 2. The summed E-state index contributed by atoms with van der Waals surface area (Å²) < 4.78 is 30.9. The molecule has 1 amide bonds. The molecule has 1 aromatic heterocycles. The van der Waals surface area contributed by atoms with Crippen LogP contribution in [-0.4, -0.2) is 67.9 Å². The highest BCUT2D eigenvalue weighted by Crippen LogP contribution is 2.33. The van der Waals surface area contributed by atoms with E-state index < -0.39 is 10.0 Å². The zero-order valence-corrected chi connectivity index (χ0v) is 16.2. The van der Waals surface area contributed by atoms with Gasteiger partial charge in [0.1, 0.15) is 0 Å². The number of amides is 1. The molecule has 3 rings (SSSR count). The maximum Gasteiger partial charge on any atom is 0.255 e. The van der Waals surface area contributed by atoms with Gasteiger partial charge in [0, 0.05) is 25.9 Å². The first-order chi connectivity index (χ1) is 12.4. The van der Waals surface area contributed by atoms with Gasteiger partial charge in [-0.1, -0.05) is 19.3 Å². The van der Waals surface area contributed by atoms with Crippen molar-refractivity contribution >= 4 is 15.9 Å². The third kappa shape index (κ3) is 4.27. The van der Waals surface area contributed by atoms with Gasteiger partial charge in [0.25, 0.3) is 5.91 Å². The van der Waals surface area contributed by atoms with Crippen LogP contribution in [0, 0.1) is 5.92 Å². The fourth-order valence-electron chi connectivity index (χ4n) is 3.77. The lowest BCUT2D eigenvalue weighted by Gasteiger charge is -2.23. The molecule has 0 unspecified atom stereocenters. The minimum absolute atomic E-state index is 0.0359. The van der Waals surface area contributed by atoms with Gasteiger partial charge in [-0.3, -0.25) is 9.89 Å². The van der Waals surface area contributed by atoms with E-state index in [2.05, 4.69) is 15.5 Å². The number of aromatic nitrogens is 2. The van der Waals surface area contributed by atoms with E-state index in [1.165, 1.54) is 37.7 Å². The molecule has 2 N–H and O–H groups in total. The summed E-state index contributed by atoms with van der Waals surface area (Å²) in [5.74, 6) is -0.151. The van der Waals surface area contributed by atoms with Crippen molar-refractivity contribution in [2.45, 2.75) is 44.1 Å². The fraction of sp³-hybridized carbons (Fsp3) is 0.765. The Hall–Kier alpha value is -1.45. The second-order valence-electron chi connectivity index (χ2n) is 7.47. The topological polar surface area (TPSA) is 104 Å². The monoisotopic (exact) mass is 384 g/mol. The standard InChI is InChI=1S/C17H28N4O4S/c1-21(2)26(23,24)11-13-9-25-10-15(13)19-17(22)14-8-18-20-16(14)12-6-4-3-5-7-12/h8,12-13,15H,3-7,9-11H2,1-2H3,(H,18,20)(H,19,22)/t13-,15+/m0/s1. The molecule has 1 aromatic rings. The molecule has 0 radical (unpaired) electrons. The van der Waals surface area contributed by atoms with Crippen LogP contribution in [0.5, 0.6) is 0 Å². The quantitative estimate of drug-likeness (QED) is 0.764. The number of nitrogens with zero attached hydrogens (tertiary/aromatic N) is 2. The highest BCUT2D eigenvalue weighted by atomic mass is 32.2. The molecule has 1 aliphatic carbocycles. The van der Waals surface area contributed by atoms with Crippen LogP contribution < -0.4 is 5.32 Å². The van der Waals surface area contributed by atoms with Crippen LogP contribution in [0.2, 0.25) is 0 Å². The van der Waals surface area contributed by atoms with E-state index in [1.807, 2.05) is 0 Å². The van der Waals surface area contributed by atoms with Crippen LogP contribution in [-0.2, 0) is 14.8 Å². The number of sulfonamides is 1. The molecule has 0 aromatic carbocycles. The Balaban J connectivity index is 1.67.